The van der Waals surface area contributed by atoms with Crippen LogP contribution in [0.25, 0.3) is 10.4 Å². The van der Waals surface area contributed by atoms with E-state index in [-0.39, 0.29) is 36.9 Å². The van der Waals surface area contributed by atoms with Crippen molar-refractivity contribution in [1.82, 2.24) is 5.32 Å². The van der Waals surface area contributed by atoms with Crippen LogP contribution in [0.1, 0.15) is 34.8 Å². The molecule has 1 aliphatic rings. The number of hydrogen-bond donors (Lipinski definition) is 2. The summed E-state index contributed by atoms with van der Waals surface area (Å²) >= 11 is 3.58. The predicted molar refractivity (Wildman–Crippen MR) is 175 cm³/mol. The highest BCUT2D eigenvalue weighted by Gasteiger charge is 2.54. The quantitative estimate of drug-likeness (QED) is 0.0626. The first kappa shape index (κ1) is 34.3. The number of aliphatic imine (C=N–C) groups is 1. The first-order valence-corrected chi connectivity index (χ1v) is 15.5. The number of benzene rings is 4. The number of nitrogens with zero attached hydrogens (tertiary/aromatic N) is 4. The Kier molecular flexibility index (Phi) is 10.9. The summed E-state index contributed by atoms with van der Waals surface area (Å²) in [5, 5.41) is 15.8. The van der Waals surface area contributed by atoms with Gasteiger partial charge in [0.15, 0.2) is 11.6 Å². The Balaban J connectivity index is 1.56. The van der Waals surface area contributed by atoms with Crippen LogP contribution in [-0.4, -0.2) is 42.0 Å². The summed E-state index contributed by atoms with van der Waals surface area (Å²) in [6, 6.07) is 26.2. The van der Waals surface area contributed by atoms with Crippen LogP contribution in [-0.2, 0) is 22.5 Å². The fourth-order valence-electron chi connectivity index (χ4n) is 5.18. The van der Waals surface area contributed by atoms with Gasteiger partial charge in [-0.25, -0.2) is 4.99 Å². The van der Waals surface area contributed by atoms with Crippen LogP contribution < -0.4 is 14.8 Å². The fourth-order valence-corrected chi connectivity index (χ4v) is 5.61. The summed E-state index contributed by atoms with van der Waals surface area (Å²) in [4.78, 5) is 22.4. The lowest BCUT2D eigenvalue weighted by Crippen LogP contribution is -2.49. The van der Waals surface area contributed by atoms with Crippen LogP contribution >= 0.6 is 15.9 Å². The molecule has 4 aromatic rings. The Morgan fingerprint density at radius 2 is 1.71 bits per heavy atom. The average molecular weight is 725 g/mol. The molecule has 1 amide bonds. The molecule has 0 unspecified atom stereocenters. The van der Waals surface area contributed by atoms with Gasteiger partial charge in [0.2, 0.25) is 5.90 Å². The number of halogens is 4. The highest BCUT2D eigenvalue weighted by atomic mass is 79.9. The second kappa shape index (κ2) is 15.2. The van der Waals surface area contributed by atoms with Crippen molar-refractivity contribution in [3.05, 3.63) is 134 Å². The van der Waals surface area contributed by atoms with Crippen molar-refractivity contribution in [2.75, 3.05) is 13.2 Å². The van der Waals surface area contributed by atoms with Gasteiger partial charge in [-0.1, -0.05) is 75.6 Å². The van der Waals surface area contributed by atoms with Crippen LogP contribution in [0.4, 0.5) is 18.9 Å². The molecular formula is C34H29BrF3N5O5. The summed E-state index contributed by atoms with van der Waals surface area (Å²) < 4.78 is 54.8. The van der Waals surface area contributed by atoms with Gasteiger partial charge >= 0.3 is 6.36 Å². The third kappa shape index (κ3) is 8.26. The Hall–Kier alpha value is -5.04. The van der Waals surface area contributed by atoms with Gasteiger partial charge in [-0.05, 0) is 59.1 Å². The Morgan fingerprint density at radius 3 is 2.40 bits per heavy atom. The van der Waals surface area contributed by atoms with Crippen molar-refractivity contribution in [3.63, 3.8) is 0 Å². The minimum absolute atomic E-state index is 0.000891. The Morgan fingerprint density at radius 1 is 1.02 bits per heavy atom. The van der Waals surface area contributed by atoms with E-state index in [4.69, 9.17) is 19.6 Å². The number of nitrogens with one attached hydrogen (secondary N) is 1. The zero-order chi connectivity index (χ0) is 34.1. The second-order valence-electron chi connectivity index (χ2n) is 10.7. The van der Waals surface area contributed by atoms with E-state index in [0.29, 0.717) is 35.5 Å². The maximum Gasteiger partial charge on any atom is 0.573 e. The topological polar surface area (TPSA) is 138 Å². The molecule has 1 aliphatic heterocycles. The number of azide groups is 1. The summed E-state index contributed by atoms with van der Waals surface area (Å²) in [5.41, 5.74) is 10.2. The van der Waals surface area contributed by atoms with Gasteiger partial charge in [0.1, 0.15) is 11.5 Å². The molecule has 0 aliphatic carbocycles. The van der Waals surface area contributed by atoms with Gasteiger partial charge < -0.3 is 24.6 Å². The number of aliphatic hydroxyl groups is 1. The number of amides is 1. The minimum atomic E-state index is -4.83. The predicted octanol–water partition coefficient (Wildman–Crippen LogP) is 7.87. The molecule has 10 nitrogen and oxygen atoms in total. The summed E-state index contributed by atoms with van der Waals surface area (Å²) in [6.45, 7) is 0.290. The molecule has 0 bridgehead atoms. The van der Waals surface area contributed by atoms with Crippen molar-refractivity contribution >= 4 is 33.4 Å². The Bertz CT molecular complexity index is 1820. The fraction of sp³-hybridized carbons (Fsp3) is 0.235. The van der Waals surface area contributed by atoms with Crippen LogP contribution in [0.2, 0.25) is 0 Å². The number of carbonyl (C=O) groups is 1. The van der Waals surface area contributed by atoms with E-state index < -0.39 is 23.9 Å². The third-order valence-corrected chi connectivity index (χ3v) is 8.20. The van der Waals surface area contributed by atoms with Crippen molar-refractivity contribution in [2.45, 2.75) is 37.4 Å². The minimum Gasteiger partial charge on any atom is -0.494 e. The van der Waals surface area contributed by atoms with Gasteiger partial charge in [0.05, 0.1) is 6.61 Å². The largest absolute Gasteiger partial charge is 0.573 e. The molecule has 48 heavy (non-hydrogen) atoms. The van der Waals surface area contributed by atoms with Gasteiger partial charge in [0.25, 0.3) is 5.91 Å². The first-order valence-electron chi connectivity index (χ1n) is 14.7. The zero-order valence-corrected chi connectivity index (χ0v) is 26.8. The standard InChI is InChI=1S/C34H29BrF3N5O5/c35-28-8-3-1-6-24(28)20-33(32(45)40-21-22-10-14-26(15-11-22)48-34(36,37)38)30(27-7-2-4-9-29(27)42-43-39)47-31(41-33)23-12-16-25(17-13-23)46-19-5-18-44/h1-4,6-17,30,44H,5,18-21H2,(H,40,45)/t30-,33-/m1/s1. The highest BCUT2D eigenvalue weighted by molar-refractivity contribution is 9.10. The van der Waals surface area contributed by atoms with E-state index >= 15 is 0 Å². The molecule has 0 saturated carbocycles. The van der Waals surface area contributed by atoms with Crippen molar-refractivity contribution in [1.29, 1.82) is 0 Å². The molecule has 1 heterocycles. The monoisotopic (exact) mass is 723 g/mol. The van der Waals surface area contributed by atoms with Crippen LogP contribution in [0.5, 0.6) is 11.5 Å². The highest BCUT2D eigenvalue weighted by Crippen LogP contribution is 2.46. The molecule has 14 heteroatoms. The smallest absolute Gasteiger partial charge is 0.494 e. The SMILES string of the molecule is [N-]=[N+]=Nc1ccccc1[C@H]1OC(c2ccc(OCCCO)cc2)=N[C@@]1(Cc1ccccc1Br)C(=O)NCc1ccc(OC(F)(F)F)cc1. The van der Waals surface area contributed by atoms with Gasteiger partial charge in [-0.2, -0.15) is 0 Å². The molecule has 0 spiro atoms. The lowest BCUT2D eigenvalue weighted by molar-refractivity contribution is -0.274. The van der Waals surface area contributed by atoms with E-state index in [1.54, 1.807) is 48.5 Å². The molecule has 2 N–H and O–H groups in total. The van der Waals surface area contributed by atoms with Gasteiger partial charge in [-0.15, -0.1) is 13.2 Å². The molecule has 0 saturated heterocycles. The Labute approximate surface area is 281 Å². The molecule has 4 aromatic carbocycles. The van der Waals surface area contributed by atoms with E-state index in [0.717, 1.165) is 22.2 Å². The van der Waals surface area contributed by atoms with Crippen molar-refractivity contribution in [2.24, 2.45) is 10.1 Å². The molecule has 0 fully saturated rings. The average Bonchev–Trinajstić information content (AvgIpc) is 3.45. The maximum absolute atomic E-state index is 14.5. The lowest BCUT2D eigenvalue weighted by Gasteiger charge is -2.31. The second-order valence-corrected chi connectivity index (χ2v) is 11.5. The number of alkyl halides is 3. The normalized spacial score (nSPS) is 17.1. The zero-order valence-electron chi connectivity index (χ0n) is 25.2. The number of aliphatic hydroxyl groups excluding tert-OH is 1. The summed E-state index contributed by atoms with van der Waals surface area (Å²) in [5.74, 6) is -0.192. The molecule has 0 aromatic heterocycles. The van der Waals surface area contributed by atoms with E-state index in [1.165, 1.54) is 12.1 Å². The summed E-state index contributed by atoms with van der Waals surface area (Å²) in [6.07, 6.45) is -5.37. The molecular weight excluding hydrogens is 695 g/mol. The van der Waals surface area contributed by atoms with E-state index in [2.05, 4.69) is 36.0 Å². The summed E-state index contributed by atoms with van der Waals surface area (Å²) in [7, 11) is 0. The molecule has 5 rings (SSSR count). The molecule has 0 radical (unpaired) electrons. The van der Waals surface area contributed by atoms with Crippen LogP contribution in [0, 0.1) is 0 Å². The van der Waals surface area contributed by atoms with E-state index in [9.17, 15) is 23.5 Å². The van der Waals surface area contributed by atoms with Crippen LogP contribution in [0.3, 0.4) is 0 Å². The molecule has 2 atom stereocenters. The first-order chi connectivity index (χ1) is 23.1. The maximum atomic E-state index is 14.5. The number of carbonyl (C=O) groups excluding carboxylic acids is 1. The molecule has 248 valence electrons. The number of ether oxygens (including phenoxy) is 3. The number of hydrogen-bond acceptors (Lipinski definition) is 7. The van der Waals surface area contributed by atoms with Gasteiger partial charge in [-0.3, -0.25) is 4.79 Å². The lowest BCUT2D eigenvalue weighted by atomic mass is 9.81. The van der Waals surface area contributed by atoms with Crippen molar-refractivity contribution < 1.29 is 37.3 Å². The number of rotatable bonds is 13. The van der Waals surface area contributed by atoms with Crippen LogP contribution in [0.15, 0.2) is 112 Å². The van der Waals surface area contributed by atoms with Gasteiger partial charge in [0, 0.05) is 52.2 Å². The van der Waals surface area contributed by atoms with E-state index in [1.807, 2.05) is 24.3 Å². The third-order valence-electron chi connectivity index (χ3n) is 7.43. The van der Waals surface area contributed by atoms with Crippen molar-refractivity contribution in [3.8, 4) is 11.5 Å².